The molecule has 0 unspecified atom stereocenters. The van der Waals surface area contributed by atoms with Crippen LogP contribution in [0, 0.1) is 6.92 Å². The average molecular weight is 620 g/mol. The zero-order valence-electron chi connectivity index (χ0n) is 23.1. The highest BCUT2D eigenvalue weighted by Crippen LogP contribution is 2.35. The maximum Gasteiger partial charge on any atom is 0.264 e. The van der Waals surface area contributed by atoms with E-state index in [0.29, 0.717) is 53.1 Å². The van der Waals surface area contributed by atoms with Crippen molar-refractivity contribution in [3.8, 4) is 0 Å². The van der Waals surface area contributed by atoms with Gasteiger partial charge in [-0.25, -0.2) is 8.42 Å². The second-order valence-electron chi connectivity index (χ2n) is 10.3. The van der Waals surface area contributed by atoms with E-state index >= 15 is 0 Å². The van der Waals surface area contributed by atoms with Gasteiger partial charge in [-0.3, -0.25) is 9.10 Å². The molecule has 0 radical (unpaired) electrons. The summed E-state index contributed by atoms with van der Waals surface area (Å²) >= 11 is 7.33. The quantitative estimate of drug-likeness (QED) is 0.190. The van der Waals surface area contributed by atoms with Gasteiger partial charge in [0.25, 0.3) is 15.9 Å². The van der Waals surface area contributed by atoms with Crippen LogP contribution in [-0.4, -0.2) is 51.9 Å². The van der Waals surface area contributed by atoms with E-state index in [2.05, 4.69) is 4.90 Å². The number of para-hydroxylation sites is 2. The third-order valence-corrected chi connectivity index (χ3v) is 10.6. The Bertz CT molecular complexity index is 1830. The fourth-order valence-electron chi connectivity index (χ4n) is 5.35. The molecule has 1 aliphatic rings. The number of anilines is 2. The zero-order chi connectivity index (χ0) is 29.3. The molecule has 42 heavy (non-hydrogen) atoms. The molecule has 3 heterocycles. The van der Waals surface area contributed by atoms with Gasteiger partial charge in [0.15, 0.2) is 0 Å². The number of piperazine rings is 1. The lowest BCUT2D eigenvalue weighted by Crippen LogP contribution is -2.49. The predicted molar refractivity (Wildman–Crippen MR) is 170 cm³/mol. The molecule has 3 aromatic carbocycles. The zero-order valence-corrected chi connectivity index (χ0v) is 25.5. The smallest absolute Gasteiger partial charge is 0.264 e. The van der Waals surface area contributed by atoms with Gasteiger partial charge in [0, 0.05) is 38.1 Å². The number of aryl methyl sites for hydroxylation is 1. The number of rotatable bonds is 8. The molecule has 1 amide bonds. The topological polar surface area (TPSA) is 74.1 Å². The molecule has 1 fully saturated rings. The predicted octanol–water partition coefficient (Wildman–Crippen LogP) is 6.86. The Hall–Kier alpha value is -3.79. The van der Waals surface area contributed by atoms with Crippen LogP contribution < -0.4 is 9.21 Å². The molecule has 1 aliphatic heterocycles. The van der Waals surface area contributed by atoms with Crippen LogP contribution in [0.15, 0.2) is 101 Å². The van der Waals surface area contributed by atoms with Crippen LogP contribution in [0.1, 0.15) is 20.8 Å². The van der Waals surface area contributed by atoms with Gasteiger partial charge in [-0.05, 0) is 66.9 Å². The van der Waals surface area contributed by atoms with Crippen LogP contribution in [0.4, 0.5) is 11.4 Å². The summed E-state index contributed by atoms with van der Waals surface area (Å²) in [5.41, 5.74) is 4.02. The fraction of sp³-hybridized carbons (Fsp3) is 0.219. The summed E-state index contributed by atoms with van der Waals surface area (Å²) in [6.45, 7) is 4.38. The molecule has 5 aromatic rings. The SMILES string of the molecule is Cc1coc2ccc(S(=O)(=O)N(CCc3ccccc3)c3ccccc3N3CCN(C(=O)c4ccc(Cl)s4)CC3)cc12. The third kappa shape index (κ3) is 5.64. The Morgan fingerprint density at radius 1 is 0.952 bits per heavy atom. The van der Waals surface area contributed by atoms with Crippen LogP contribution >= 0.6 is 22.9 Å². The number of hydrogen-bond donors (Lipinski definition) is 0. The van der Waals surface area contributed by atoms with E-state index in [1.807, 2.05) is 66.4 Å². The van der Waals surface area contributed by atoms with E-state index in [0.717, 1.165) is 22.2 Å². The highest BCUT2D eigenvalue weighted by atomic mass is 35.5. The van der Waals surface area contributed by atoms with Gasteiger partial charge in [-0.15, -0.1) is 11.3 Å². The summed E-state index contributed by atoms with van der Waals surface area (Å²) in [6.07, 6.45) is 2.19. The molecule has 2 aromatic heterocycles. The molecule has 0 N–H and O–H groups in total. The summed E-state index contributed by atoms with van der Waals surface area (Å²) < 4.78 is 36.4. The second-order valence-corrected chi connectivity index (χ2v) is 13.8. The largest absolute Gasteiger partial charge is 0.464 e. The summed E-state index contributed by atoms with van der Waals surface area (Å²) in [6, 6.07) is 26.0. The summed E-state index contributed by atoms with van der Waals surface area (Å²) in [5.74, 6) is -0.0307. The fourth-order valence-corrected chi connectivity index (χ4v) is 7.86. The maximum atomic E-state index is 14.4. The first-order valence-corrected chi connectivity index (χ1v) is 16.4. The lowest BCUT2D eigenvalue weighted by molar-refractivity contribution is 0.0751. The Morgan fingerprint density at radius 3 is 2.43 bits per heavy atom. The van der Waals surface area contributed by atoms with Gasteiger partial charge in [0.2, 0.25) is 0 Å². The van der Waals surface area contributed by atoms with Crippen molar-refractivity contribution in [3.05, 3.63) is 112 Å². The minimum Gasteiger partial charge on any atom is -0.464 e. The molecule has 6 rings (SSSR count). The van der Waals surface area contributed by atoms with E-state index in [-0.39, 0.29) is 17.3 Å². The normalized spacial score (nSPS) is 14.0. The van der Waals surface area contributed by atoms with Crippen molar-refractivity contribution < 1.29 is 17.6 Å². The van der Waals surface area contributed by atoms with Crippen molar-refractivity contribution in [3.63, 3.8) is 0 Å². The number of carbonyl (C=O) groups is 1. The van der Waals surface area contributed by atoms with Gasteiger partial charge in [0.05, 0.1) is 31.7 Å². The molecule has 0 saturated carbocycles. The molecule has 10 heteroatoms. The number of halogens is 1. The molecule has 0 bridgehead atoms. The number of furan rings is 1. The second kappa shape index (κ2) is 11.8. The summed E-state index contributed by atoms with van der Waals surface area (Å²) in [4.78, 5) is 17.8. The first kappa shape index (κ1) is 28.3. The van der Waals surface area contributed by atoms with Gasteiger partial charge in [0.1, 0.15) is 5.58 Å². The Morgan fingerprint density at radius 2 is 1.69 bits per heavy atom. The third-order valence-electron chi connectivity index (χ3n) is 7.61. The van der Waals surface area contributed by atoms with Crippen LogP contribution in [0.3, 0.4) is 0 Å². The summed E-state index contributed by atoms with van der Waals surface area (Å²) in [5, 5.41) is 0.778. The lowest BCUT2D eigenvalue weighted by Gasteiger charge is -2.38. The summed E-state index contributed by atoms with van der Waals surface area (Å²) in [7, 11) is -3.94. The molecule has 0 atom stereocenters. The Kier molecular flexibility index (Phi) is 7.98. The van der Waals surface area contributed by atoms with Gasteiger partial charge >= 0.3 is 0 Å². The number of nitrogens with zero attached hydrogens (tertiary/aromatic N) is 3. The van der Waals surface area contributed by atoms with Gasteiger partial charge < -0.3 is 14.2 Å². The van der Waals surface area contributed by atoms with E-state index < -0.39 is 10.0 Å². The minimum absolute atomic E-state index is 0.0307. The van der Waals surface area contributed by atoms with Crippen LogP contribution in [0.2, 0.25) is 4.34 Å². The standard InChI is InChI=1S/C32H30ClN3O4S2/c1-23-22-40-29-12-11-25(21-26(23)29)42(38,39)36(16-15-24-7-3-2-4-8-24)28-10-6-5-9-27(28)34-17-19-35(20-18-34)32(37)30-13-14-31(33)41-30/h2-14,21-22H,15-20H2,1H3. The molecular formula is C32H30ClN3O4S2. The number of amides is 1. The van der Waals surface area contributed by atoms with Crippen LogP contribution in [0.25, 0.3) is 11.0 Å². The Labute approximate surface area is 254 Å². The Balaban J connectivity index is 1.32. The number of hydrogen-bond acceptors (Lipinski definition) is 6. The van der Waals surface area contributed by atoms with Crippen molar-refractivity contribution in [2.45, 2.75) is 18.2 Å². The van der Waals surface area contributed by atoms with E-state index in [4.69, 9.17) is 16.0 Å². The van der Waals surface area contributed by atoms with Crippen molar-refractivity contribution in [1.82, 2.24) is 4.90 Å². The molecule has 216 valence electrons. The molecule has 0 aliphatic carbocycles. The van der Waals surface area contributed by atoms with Crippen molar-refractivity contribution in [2.24, 2.45) is 0 Å². The number of thiophene rings is 1. The van der Waals surface area contributed by atoms with Crippen molar-refractivity contribution in [1.29, 1.82) is 0 Å². The first-order valence-electron chi connectivity index (χ1n) is 13.7. The molecular weight excluding hydrogens is 590 g/mol. The van der Waals surface area contributed by atoms with Crippen LogP contribution in [0.5, 0.6) is 0 Å². The average Bonchev–Trinajstić information content (AvgIpc) is 3.62. The highest BCUT2D eigenvalue weighted by Gasteiger charge is 2.30. The number of carbonyl (C=O) groups excluding carboxylic acids is 1. The molecule has 7 nitrogen and oxygen atoms in total. The van der Waals surface area contributed by atoms with Crippen molar-refractivity contribution in [2.75, 3.05) is 41.9 Å². The number of benzene rings is 3. The number of sulfonamides is 1. The lowest BCUT2D eigenvalue weighted by atomic mass is 10.1. The highest BCUT2D eigenvalue weighted by molar-refractivity contribution is 7.92. The molecule has 1 saturated heterocycles. The van der Waals surface area contributed by atoms with E-state index in [1.54, 1.807) is 36.6 Å². The van der Waals surface area contributed by atoms with Crippen molar-refractivity contribution >= 4 is 61.2 Å². The minimum atomic E-state index is -3.94. The van der Waals surface area contributed by atoms with Gasteiger partial charge in [-0.2, -0.15) is 0 Å². The maximum absolute atomic E-state index is 14.4. The van der Waals surface area contributed by atoms with Gasteiger partial charge in [-0.1, -0.05) is 54.1 Å². The van der Waals surface area contributed by atoms with Crippen LogP contribution in [-0.2, 0) is 16.4 Å². The first-order chi connectivity index (χ1) is 20.3. The molecule has 0 spiro atoms. The number of fused-ring (bicyclic) bond motifs is 1. The monoisotopic (exact) mass is 619 g/mol. The van der Waals surface area contributed by atoms with E-state index in [1.165, 1.54) is 15.6 Å². The van der Waals surface area contributed by atoms with E-state index in [9.17, 15) is 13.2 Å².